The largest absolute Gasteiger partial charge is 0.477 e. The lowest BCUT2D eigenvalue weighted by Gasteiger charge is -2.28. The van der Waals surface area contributed by atoms with Gasteiger partial charge < -0.3 is 25.9 Å². The lowest BCUT2D eigenvalue weighted by atomic mass is 9.76. The van der Waals surface area contributed by atoms with Crippen molar-refractivity contribution in [3.8, 4) is 0 Å². The molecule has 0 saturated heterocycles. The van der Waals surface area contributed by atoms with Gasteiger partial charge in [0.05, 0.1) is 18.4 Å². The highest BCUT2D eigenvalue weighted by Crippen LogP contribution is 2.44. The van der Waals surface area contributed by atoms with Gasteiger partial charge in [0.1, 0.15) is 5.69 Å². The molecule has 0 fully saturated rings. The van der Waals surface area contributed by atoms with Crippen molar-refractivity contribution in [2.24, 2.45) is 5.92 Å². The quantitative estimate of drug-likeness (QED) is 0.305. The number of nitrogens with two attached hydrogens (primary N) is 1. The number of methoxy groups -OCH3 is 1. The summed E-state index contributed by atoms with van der Waals surface area (Å²) in [6, 6.07) is 8.41. The summed E-state index contributed by atoms with van der Waals surface area (Å²) in [7, 11) is 1.25. The van der Waals surface area contributed by atoms with Gasteiger partial charge in [-0.15, -0.1) is 0 Å². The third-order valence-electron chi connectivity index (χ3n) is 6.02. The van der Waals surface area contributed by atoms with Gasteiger partial charge in [-0.25, -0.2) is 9.59 Å². The molecule has 32 heavy (non-hydrogen) atoms. The first kappa shape index (κ1) is 21.9. The van der Waals surface area contributed by atoms with Crippen LogP contribution in [0.2, 0.25) is 0 Å². The molecule has 1 aliphatic carbocycles. The van der Waals surface area contributed by atoms with E-state index < -0.39 is 17.9 Å². The number of rotatable bonds is 5. The highest BCUT2D eigenvalue weighted by Gasteiger charge is 2.35. The average Bonchev–Trinajstić information content (AvgIpc) is 3.14. The van der Waals surface area contributed by atoms with Crippen molar-refractivity contribution in [2.75, 3.05) is 18.2 Å². The number of anilines is 2. The zero-order valence-corrected chi connectivity index (χ0v) is 19.1. The number of H-pyrrole nitrogens is 1. The maximum absolute atomic E-state index is 13.2. The maximum Gasteiger partial charge on any atom is 0.352 e. The van der Waals surface area contributed by atoms with Crippen LogP contribution in [-0.4, -0.2) is 35.0 Å². The molecule has 2 atom stereocenters. The number of aromatic nitrogens is 1. The summed E-state index contributed by atoms with van der Waals surface area (Å²) in [4.78, 5) is 40.3. The molecule has 166 valence electrons. The average molecular weight is 500 g/mol. The number of carboxylic acids is 1. The van der Waals surface area contributed by atoms with Crippen molar-refractivity contribution in [3.63, 3.8) is 0 Å². The number of carboxylic acid groups (broad SMARTS) is 1. The molecule has 0 bridgehead atoms. The van der Waals surface area contributed by atoms with Crippen LogP contribution in [0.25, 0.3) is 10.9 Å². The minimum atomic E-state index is -1.07. The smallest absolute Gasteiger partial charge is 0.352 e. The molecule has 2 aromatic carbocycles. The van der Waals surface area contributed by atoms with E-state index in [1.807, 2.05) is 12.1 Å². The second kappa shape index (κ2) is 8.31. The van der Waals surface area contributed by atoms with Crippen LogP contribution < -0.4 is 11.1 Å². The molecule has 5 N–H and O–H groups in total. The number of hydrogen-bond acceptors (Lipinski definition) is 5. The third-order valence-corrected chi connectivity index (χ3v) is 6.47. The third kappa shape index (κ3) is 3.73. The summed E-state index contributed by atoms with van der Waals surface area (Å²) in [6.45, 7) is 1.77. The highest BCUT2D eigenvalue weighted by molar-refractivity contribution is 9.10. The number of hydrogen-bond donors (Lipinski definition) is 4. The molecule has 1 aliphatic rings. The first-order chi connectivity index (χ1) is 15.2. The van der Waals surface area contributed by atoms with Gasteiger partial charge in [0.15, 0.2) is 0 Å². The number of carbonyl (C=O) groups excluding carboxylic acids is 2. The van der Waals surface area contributed by atoms with Gasteiger partial charge >= 0.3 is 11.9 Å². The number of aromatic amines is 1. The summed E-state index contributed by atoms with van der Waals surface area (Å²) < 4.78 is 5.66. The van der Waals surface area contributed by atoms with Crippen LogP contribution in [0.1, 0.15) is 51.2 Å². The van der Waals surface area contributed by atoms with E-state index in [9.17, 15) is 19.5 Å². The fourth-order valence-corrected chi connectivity index (χ4v) is 4.98. The van der Waals surface area contributed by atoms with Gasteiger partial charge in [-0.3, -0.25) is 4.79 Å². The number of nitrogens with one attached hydrogen (secondary N) is 2. The molecule has 0 saturated carbocycles. The molecule has 0 spiro atoms. The van der Waals surface area contributed by atoms with Crippen molar-refractivity contribution in [1.82, 2.24) is 4.98 Å². The molecule has 3 aromatic rings. The molecule has 8 nitrogen and oxygen atoms in total. The normalized spacial score (nSPS) is 15.9. The molecular weight excluding hydrogens is 478 g/mol. The zero-order valence-electron chi connectivity index (χ0n) is 17.5. The molecule has 4 rings (SSSR count). The monoisotopic (exact) mass is 499 g/mol. The summed E-state index contributed by atoms with van der Waals surface area (Å²) in [5.74, 6) is -2.86. The Morgan fingerprint density at radius 1 is 1.28 bits per heavy atom. The highest BCUT2D eigenvalue weighted by atomic mass is 79.9. The first-order valence-corrected chi connectivity index (χ1v) is 10.9. The van der Waals surface area contributed by atoms with E-state index in [0.717, 1.165) is 27.4 Å². The van der Waals surface area contributed by atoms with Crippen LogP contribution >= 0.6 is 15.9 Å². The molecule has 0 radical (unpaired) electrons. The zero-order chi connectivity index (χ0) is 23.2. The SMILES string of the molecule is COC(=O)c1cc(N)ccc1NC(=O)C(C)C1CCc2cc(Br)cc3[nH]c(C(=O)O)c1c23. The predicted octanol–water partition coefficient (Wildman–Crippen LogP) is 4.30. The number of benzene rings is 2. The van der Waals surface area contributed by atoms with E-state index in [0.29, 0.717) is 23.4 Å². The number of nitrogen functional groups attached to an aromatic ring is 1. The van der Waals surface area contributed by atoms with Crippen molar-refractivity contribution in [2.45, 2.75) is 25.7 Å². The van der Waals surface area contributed by atoms with Crippen molar-refractivity contribution in [3.05, 3.63) is 57.2 Å². The van der Waals surface area contributed by atoms with Crippen LogP contribution in [0.3, 0.4) is 0 Å². The Bertz CT molecular complexity index is 1270. The summed E-state index contributed by atoms with van der Waals surface area (Å²) in [6.07, 6.45) is 1.34. The van der Waals surface area contributed by atoms with E-state index in [2.05, 4.69) is 26.2 Å². The fraction of sp³-hybridized carbons (Fsp3) is 0.261. The summed E-state index contributed by atoms with van der Waals surface area (Å²) in [5, 5.41) is 13.5. The predicted molar refractivity (Wildman–Crippen MR) is 124 cm³/mol. The van der Waals surface area contributed by atoms with Crippen molar-refractivity contribution >= 4 is 56.1 Å². The lowest BCUT2D eigenvalue weighted by Crippen LogP contribution is -2.29. The molecule has 1 amide bonds. The van der Waals surface area contributed by atoms with E-state index in [1.165, 1.54) is 13.2 Å². The van der Waals surface area contributed by atoms with Gasteiger partial charge in [-0.05, 0) is 60.2 Å². The van der Waals surface area contributed by atoms with Crippen LogP contribution in [0.5, 0.6) is 0 Å². The van der Waals surface area contributed by atoms with E-state index in [1.54, 1.807) is 19.1 Å². The van der Waals surface area contributed by atoms with Crippen LogP contribution in [0.4, 0.5) is 11.4 Å². The van der Waals surface area contributed by atoms with Crippen LogP contribution in [0, 0.1) is 5.92 Å². The van der Waals surface area contributed by atoms with Gasteiger partial charge in [-0.1, -0.05) is 22.9 Å². The molecule has 9 heteroatoms. The minimum Gasteiger partial charge on any atom is -0.477 e. The number of halogens is 1. The van der Waals surface area contributed by atoms with Crippen molar-refractivity contribution in [1.29, 1.82) is 0 Å². The standard InChI is InChI=1S/C23H22BrN3O5/c1-10(21(28)27-16-6-4-13(25)9-15(16)23(31)32-2)14-5-3-11-7-12(24)8-17-18(11)19(14)20(26-17)22(29)30/h4,6-10,14,26H,3,5,25H2,1-2H3,(H,27,28)(H,29,30). The molecule has 1 aromatic heterocycles. The van der Waals surface area contributed by atoms with Gasteiger partial charge in [-0.2, -0.15) is 0 Å². The number of carbonyl (C=O) groups is 3. The first-order valence-electron chi connectivity index (χ1n) is 10.1. The summed E-state index contributed by atoms with van der Waals surface area (Å²) >= 11 is 3.47. The lowest BCUT2D eigenvalue weighted by molar-refractivity contribution is -0.120. The second-order valence-corrected chi connectivity index (χ2v) is 8.84. The Kier molecular flexibility index (Phi) is 5.68. The van der Waals surface area contributed by atoms with Gasteiger partial charge in [0.2, 0.25) is 5.91 Å². The maximum atomic E-state index is 13.2. The molecule has 2 unspecified atom stereocenters. The van der Waals surface area contributed by atoms with Crippen molar-refractivity contribution < 1.29 is 24.2 Å². The van der Waals surface area contributed by atoms with Crippen LogP contribution in [0.15, 0.2) is 34.8 Å². The molecule has 0 aliphatic heterocycles. The Balaban J connectivity index is 1.71. The van der Waals surface area contributed by atoms with E-state index in [-0.39, 0.29) is 23.1 Å². The number of ether oxygens (including phenoxy) is 1. The minimum absolute atomic E-state index is 0.103. The fourth-order valence-electron chi connectivity index (χ4n) is 4.48. The second-order valence-electron chi connectivity index (χ2n) is 7.93. The Hall–Kier alpha value is -3.33. The molecule has 1 heterocycles. The molecular formula is C23H22BrN3O5. The van der Waals surface area contributed by atoms with Crippen LogP contribution in [-0.2, 0) is 16.0 Å². The topological polar surface area (TPSA) is 135 Å². The Labute approximate surface area is 192 Å². The Morgan fingerprint density at radius 2 is 2.03 bits per heavy atom. The Morgan fingerprint density at radius 3 is 2.72 bits per heavy atom. The number of amides is 1. The van der Waals surface area contributed by atoms with E-state index >= 15 is 0 Å². The number of aromatic carboxylic acids is 1. The summed E-state index contributed by atoms with van der Waals surface area (Å²) in [5.41, 5.74) is 9.11. The number of aryl methyl sites for hydroxylation is 1. The van der Waals surface area contributed by atoms with Gasteiger partial charge in [0.25, 0.3) is 0 Å². The van der Waals surface area contributed by atoms with E-state index in [4.69, 9.17) is 10.5 Å². The number of esters is 1. The van der Waals surface area contributed by atoms with Gasteiger partial charge in [0, 0.05) is 27.0 Å².